The summed E-state index contributed by atoms with van der Waals surface area (Å²) in [4.78, 5) is 22.6. The van der Waals surface area contributed by atoms with Gasteiger partial charge in [0.2, 0.25) is 0 Å². The van der Waals surface area contributed by atoms with Gasteiger partial charge in [-0.1, -0.05) is 36.4 Å². The first-order valence-electron chi connectivity index (χ1n) is 7.56. The summed E-state index contributed by atoms with van der Waals surface area (Å²) < 4.78 is 0. The number of nitro groups is 1. The molecule has 2 aromatic carbocycles. The van der Waals surface area contributed by atoms with Crippen molar-refractivity contribution in [1.29, 1.82) is 0 Å². The largest absolute Gasteiger partial charge is 0.355 e. The van der Waals surface area contributed by atoms with Crippen molar-refractivity contribution in [2.45, 2.75) is 19.9 Å². The molecule has 1 unspecified atom stereocenters. The zero-order chi connectivity index (χ0) is 18.4. The van der Waals surface area contributed by atoms with Crippen LogP contribution < -0.4 is 16.2 Å². The van der Waals surface area contributed by atoms with Crippen LogP contribution in [0.5, 0.6) is 0 Å². The molecule has 25 heavy (non-hydrogen) atoms. The summed E-state index contributed by atoms with van der Waals surface area (Å²) in [5.41, 5.74) is 6.50. The molecule has 8 heteroatoms. The lowest BCUT2D eigenvalue weighted by Gasteiger charge is -2.18. The molecule has 1 amide bonds. The number of nitro benzene ring substituents is 1. The number of benzene rings is 2. The van der Waals surface area contributed by atoms with Gasteiger partial charge in [0.15, 0.2) is 5.11 Å². The van der Waals surface area contributed by atoms with Crippen molar-refractivity contribution in [3.63, 3.8) is 0 Å². The molecule has 0 aliphatic heterocycles. The molecule has 7 nitrogen and oxygen atoms in total. The number of nitrogens with zero attached hydrogens (tertiary/aromatic N) is 1. The molecule has 0 aliphatic rings. The third-order valence-electron chi connectivity index (χ3n) is 3.68. The summed E-state index contributed by atoms with van der Waals surface area (Å²) in [6, 6.07) is 14.0. The summed E-state index contributed by atoms with van der Waals surface area (Å²) in [5.74, 6) is -0.502. The number of carbonyl (C=O) groups excluding carboxylic acids is 1. The topological polar surface area (TPSA) is 96.3 Å². The summed E-state index contributed by atoms with van der Waals surface area (Å²) >= 11 is 5.15. The van der Waals surface area contributed by atoms with E-state index in [-0.39, 0.29) is 22.4 Å². The minimum Gasteiger partial charge on any atom is -0.355 e. The average molecular weight is 358 g/mol. The van der Waals surface area contributed by atoms with Gasteiger partial charge in [-0.25, -0.2) is 0 Å². The highest BCUT2D eigenvalue weighted by molar-refractivity contribution is 7.80. The maximum absolute atomic E-state index is 12.2. The molecular formula is C17H18N4O3S. The molecular weight excluding hydrogens is 340 g/mol. The maximum Gasteiger partial charge on any atom is 0.273 e. The van der Waals surface area contributed by atoms with Crippen molar-refractivity contribution < 1.29 is 9.72 Å². The highest BCUT2D eigenvalue weighted by atomic mass is 32.1. The molecule has 2 aromatic rings. The van der Waals surface area contributed by atoms with E-state index in [1.54, 1.807) is 0 Å². The van der Waals surface area contributed by atoms with Crippen molar-refractivity contribution in [2.75, 3.05) is 0 Å². The second-order valence-electron chi connectivity index (χ2n) is 5.39. The molecule has 0 aliphatic carbocycles. The highest BCUT2D eigenvalue weighted by Crippen LogP contribution is 2.20. The van der Waals surface area contributed by atoms with Gasteiger partial charge in [0, 0.05) is 11.6 Å². The quantitative estimate of drug-likeness (QED) is 0.442. The predicted molar refractivity (Wildman–Crippen MR) is 99.0 cm³/mol. The second-order valence-corrected chi connectivity index (χ2v) is 5.80. The van der Waals surface area contributed by atoms with Gasteiger partial charge in [-0.15, -0.1) is 0 Å². The first-order valence-corrected chi connectivity index (χ1v) is 7.96. The Kier molecular flexibility index (Phi) is 6.02. The lowest BCUT2D eigenvalue weighted by Crippen LogP contribution is -2.47. The molecule has 0 aromatic heterocycles. The Morgan fingerprint density at radius 2 is 1.80 bits per heavy atom. The van der Waals surface area contributed by atoms with E-state index in [0.29, 0.717) is 5.56 Å². The first-order chi connectivity index (χ1) is 11.9. The minimum atomic E-state index is -0.521. The van der Waals surface area contributed by atoms with Crippen LogP contribution in [0.2, 0.25) is 0 Å². The van der Waals surface area contributed by atoms with Crippen LogP contribution >= 0.6 is 12.2 Å². The Bertz CT molecular complexity index is 796. The predicted octanol–water partition coefficient (Wildman–Crippen LogP) is 2.77. The molecule has 3 N–H and O–H groups in total. The van der Waals surface area contributed by atoms with Gasteiger partial charge in [0.1, 0.15) is 0 Å². The number of hydrazine groups is 1. The number of amides is 1. The number of rotatable bonds is 4. The molecule has 0 saturated carbocycles. The average Bonchev–Trinajstić information content (AvgIpc) is 2.60. The van der Waals surface area contributed by atoms with Crippen LogP contribution in [0.3, 0.4) is 0 Å². The van der Waals surface area contributed by atoms with Crippen LogP contribution in [0.1, 0.15) is 34.5 Å². The normalized spacial score (nSPS) is 11.3. The molecule has 1 atom stereocenters. The third-order valence-corrected chi connectivity index (χ3v) is 3.90. The van der Waals surface area contributed by atoms with E-state index in [4.69, 9.17) is 12.2 Å². The Labute approximate surface area is 150 Å². The zero-order valence-corrected chi connectivity index (χ0v) is 14.6. The van der Waals surface area contributed by atoms with Gasteiger partial charge in [-0.3, -0.25) is 25.8 Å². The number of thiocarbonyl (C=S) groups is 1. The van der Waals surface area contributed by atoms with E-state index in [1.807, 2.05) is 37.3 Å². The van der Waals surface area contributed by atoms with Crippen LogP contribution in [0, 0.1) is 17.0 Å². The number of carbonyl (C=O) groups is 1. The minimum absolute atomic E-state index is 0.0438. The van der Waals surface area contributed by atoms with Crippen molar-refractivity contribution in [1.82, 2.24) is 16.2 Å². The van der Waals surface area contributed by atoms with Crippen molar-refractivity contribution >= 4 is 28.9 Å². The van der Waals surface area contributed by atoms with Crippen LogP contribution in [0.4, 0.5) is 5.69 Å². The molecule has 130 valence electrons. The fourth-order valence-corrected chi connectivity index (χ4v) is 2.53. The molecule has 0 spiro atoms. The Morgan fingerprint density at radius 3 is 2.44 bits per heavy atom. The second kappa shape index (κ2) is 8.20. The maximum atomic E-state index is 12.2. The molecule has 0 radical (unpaired) electrons. The van der Waals surface area contributed by atoms with Crippen LogP contribution in [-0.2, 0) is 0 Å². The highest BCUT2D eigenvalue weighted by Gasteiger charge is 2.18. The van der Waals surface area contributed by atoms with Gasteiger partial charge in [0.05, 0.1) is 16.5 Å². The number of nitrogens with one attached hydrogen (secondary N) is 3. The zero-order valence-electron chi connectivity index (χ0n) is 13.8. The van der Waals surface area contributed by atoms with Gasteiger partial charge in [-0.05, 0) is 37.7 Å². The van der Waals surface area contributed by atoms with E-state index >= 15 is 0 Å². The van der Waals surface area contributed by atoms with Crippen LogP contribution in [0.25, 0.3) is 0 Å². The van der Waals surface area contributed by atoms with Gasteiger partial charge >= 0.3 is 0 Å². The smallest absolute Gasteiger partial charge is 0.273 e. The standard InChI is InChI=1S/C17H18N4O3S/c1-11-14(9-6-10-15(11)21(23)24)16(22)19-20-17(25)18-12(2)13-7-4-3-5-8-13/h3-10,12H,1-2H3,(H,19,22)(H2,18,20,25). The van der Waals surface area contributed by atoms with Gasteiger partial charge < -0.3 is 5.32 Å². The molecule has 0 saturated heterocycles. The lowest BCUT2D eigenvalue weighted by molar-refractivity contribution is -0.385. The van der Waals surface area contributed by atoms with Gasteiger partial charge in [0.25, 0.3) is 11.6 Å². The summed E-state index contributed by atoms with van der Waals surface area (Å²) in [6.45, 7) is 3.47. The van der Waals surface area contributed by atoms with E-state index < -0.39 is 10.8 Å². The van der Waals surface area contributed by atoms with E-state index in [0.717, 1.165) is 5.56 Å². The van der Waals surface area contributed by atoms with E-state index in [1.165, 1.54) is 25.1 Å². The van der Waals surface area contributed by atoms with Crippen molar-refractivity contribution in [3.05, 3.63) is 75.3 Å². The van der Waals surface area contributed by atoms with E-state index in [2.05, 4.69) is 16.2 Å². The SMILES string of the molecule is Cc1c(C(=O)NNC(=S)NC(C)c2ccccc2)cccc1[N+](=O)[O-]. The van der Waals surface area contributed by atoms with Crippen LogP contribution in [0.15, 0.2) is 48.5 Å². The summed E-state index contributed by atoms with van der Waals surface area (Å²) in [6.07, 6.45) is 0. The van der Waals surface area contributed by atoms with E-state index in [9.17, 15) is 14.9 Å². The molecule has 0 bridgehead atoms. The lowest BCUT2D eigenvalue weighted by atomic mass is 10.1. The first kappa shape index (κ1) is 18.3. The molecule has 2 rings (SSSR count). The number of hydrogen-bond acceptors (Lipinski definition) is 4. The summed E-state index contributed by atoms with van der Waals surface area (Å²) in [5, 5.41) is 14.2. The van der Waals surface area contributed by atoms with Crippen molar-refractivity contribution in [3.8, 4) is 0 Å². The monoisotopic (exact) mass is 358 g/mol. The Balaban J connectivity index is 1.95. The van der Waals surface area contributed by atoms with Crippen molar-refractivity contribution in [2.24, 2.45) is 0 Å². The number of hydrogen-bond donors (Lipinski definition) is 3. The van der Waals surface area contributed by atoms with Crippen LogP contribution in [-0.4, -0.2) is 15.9 Å². The summed E-state index contributed by atoms with van der Waals surface area (Å²) in [7, 11) is 0. The Hall–Kier alpha value is -3.00. The van der Waals surface area contributed by atoms with Gasteiger partial charge in [-0.2, -0.15) is 0 Å². The molecule has 0 heterocycles. The fourth-order valence-electron chi connectivity index (χ4n) is 2.31. The fraction of sp³-hybridized carbons (Fsp3) is 0.176. The molecule has 0 fully saturated rings. The Morgan fingerprint density at radius 1 is 1.12 bits per heavy atom. The third kappa shape index (κ3) is 4.74.